The van der Waals surface area contributed by atoms with Crippen molar-refractivity contribution in [3.05, 3.63) is 59.9 Å². The minimum Gasteiger partial charge on any atom is -0.331 e. The van der Waals surface area contributed by atoms with Crippen molar-refractivity contribution >= 4 is 22.6 Å². The minimum atomic E-state index is 0.0740. The number of hydrogen-bond donors (Lipinski definition) is 1. The Hall–Kier alpha value is -2.62. The monoisotopic (exact) mass is 321 g/mol. The van der Waals surface area contributed by atoms with Gasteiger partial charge in [-0.2, -0.15) is 0 Å². The van der Waals surface area contributed by atoms with Gasteiger partial charge in [0.15, 0.2) is 0 Å². The lowest BCUT2D eigenvalue weighted by Gasteiger charge is -2.06. The molecule has 0 bridgehead atoms. The summed E-state index contributed by atoms with van der Waals surface area (Å²) in [7, 11) is 2.07. The summed E-state index contributed by atoms with van der Waals surface area (Å²) in [6.07, 6.45) is 3.25. The highest BCUT2D eigenvalue weighted by Gasteiger charge is 2.07. The van der Waals surface area contributed by atoms with Crippen LogP contribution in [0.5, 0.6) is 0 Å². The number of carbonyl (C=O) groups is 1. The second kappa shape index (κ2) is 7.30. The number of hydrogen-bond acceptors (Lipinski definition) is 2. The molecule has 2 aromatic carbocycles. The molecule has 0 saturated heterocycles. The van der Waals surface area contributed by atoms with Gasteiger partial charge in [-0.15, -0.1) is 0 Å². The molecule has 0 aliphatic heterocycles. The lowest BCUT2D eigenvalue weighted by Crippen LogP contribution is -2.10. The molecule has 4 nitrogen and oxygen atoms in total. The maximum Gasteiger partial charge on any atom is 0.224 e. The van der Waals surface area contributed by atoms with E-state index in [0.717, 1.165) is 36.3 Å². The molecule has 0 fully saturated rings. The van der Waals surface area contributed by atoms with Crippen molar-refractivity contribution in [2.75, 3.05) is 5.32 Å². The Labute approximate surface area is 142 Å². The van der Waals surface area contributed by atoms with E-state index in [4.69, 9.17) is 4.98 Å². The second-order valence-electron chi connectivity index (χ2n) is 6.07. The van der Waals surface area contributed by atoms with Crippen LogP contribution in [0.25, 0.3) is 11.0 Å². The molecule has 0 spiro atoms. The molecule has 124 valence electrons. The van der Waals surface area contributed by atoms with Crippen LogP contribution in [0.4, 0.5) is 5.69 Å². The number of carbonyl (C=O) groups excluding carboxylic acids is 1. The Morgan fingerprint density at radius 2 is 1.83 bits per heavy atom. The summed E-state index contributed by atoms with van der Waals surface area (Å²) >= 11 is 0. The molecule has 1 aromatic heterocycles. The van der Waals surface area contributed by atoms with E-state index in [1.807, 2.05) is 37.3 Å². The molecule has 0 aliphatic carbocycles. The Morgan fingerprint density at radius 3 is 2.54 bits per heavy atom. The van der Waals surface area contributed by atoms with E-state index < -0.39 is 0 Å². The zero-order valence-corrected chi connectivity index (χ0v) is 14.2. The number of aromatic nitrogens is 2. The molecule has 4 heteroatoms. The number of imidazole rings is 1. The van der Waals surface area contributed by atoms with Gasteiger partial charge in [0.05, 0.1) is 11.0 Å². The number of fused-ring (bicyclic) bond motifs is 1. The fourth-order valence-corrected chi connectivity index (χ4v) is 2.88. The summed E-state index contributed by atoms with van der Waals surface area (Å²) in [5, 5.41) is 2.92. The van der Waals surface area contributed by atoms with Crippen molar-refractivity contribution in [1.82, 2.24) is 9.55 Å². The summed E-state index contributed by atoms with van der Waals surface area (Å²) in [5.41, 5.74) is 4.32. The van der Waals surface area contributed by atoms with Crippen LogP contribution < -0.4 is 5.32 Å². The maximum atomic E-state index is 11.6. The van der Waals surface area contributed by atoms with Gasteiger partial charge in [-0.1, -0.05) is 31.2 Å². The number of anilines is 1. The molecule has 0 saturated carbocycles. The molecule has 24 heavy (non-hydrogen) atoms. The predicted molar refractivity (Wildman–Crippen MR) is 98.1 cm³/mol. The van der Waals surface area contributed by atoms with Gasteiger partial charge < -0.3 is 9.88 Å². The van der Waals surface area contributed by atoms with Crippen molar-refractivity contribution in [3.8, 4) is 0 Å². The first kappa shape index (κ1) is 16.2. The summed E-state index contributed by atoms with van der Waals surface area (Å²) in [5.74, 6) is 1.17. The van der Waals surface area contributed by atoms with Crippen molar-refractivity contribution in [3.63, 3.8) is 0 Å². The number of benzene rings is 2. The molecule has 1 amide bonds. The lowest BCUT2D eigenvalue weighted by molar-refractivity contribution is -0.116. The minimum absolute atomic E-state index is 0.0740. The van der Waals surface area contributed by atoms with Gasteiger partial charge in [0, 0.05) is 25.6 Å². The molecular formula is C20H23N3O. The van der Waals surface area contributed by atoms with E-state index in [9.17, 15) is 4.79 Å². The number of para-hydroxylation sites is 2. The highest BCUT2D eigenvalue weighted by molar-refractivity contribution is 5.90. The highest BCUT2D eigenvalue weighted by Crippen LogP contribution is 2.17. The van der Waals surface area contributed by atoms with Gasteiger partial charge in [-0.05, 0) is 42.7 Å². The molecule has 3 aromatic rings. The fourth-order valence-electron chi connectivity index (χ4n) is 2.88. The van der Waals surface area contributed by atoms with Crippen molar-refractivity contribution in [2.24, 2.45) is 7.05 Å². The van der Waals surface area contributed by atoms with Gasteiger partial charge in [0.25, 0.3) is 0 Å². The average Bonchev–Trinajstić information content (AvgIpc) is 2.91. The molecule has 0 unspecified atom stereocenters. The Morgan fingerprint density at radius 1 is 1.08 bits per heavy atom. The summed E-state index contributed by atoms with van der Waals surface area (Å²) < 4.78 is 2.16. The lowest BCUT2D eigenvalue weighted by atomic mass is 10.1. The van der Waals surface area contributed by atoms with Crippen LogP contribution in [-0.2, 0) is 24.7 Å². The third-order valence-electron chi connectivity index (χ3n) is 4.23. The molecule has 0 atom stereocenters. The molecule has 0 aliphatic rings. The molecule has 1 N–H and O–H groups in total. The standard InChI is InChI=1S/C20H23N3O/c1-3-6-20(24)21-16-12-9-15(10-13-16)11-14-19-22-17-7-4-5-8-18(17)23(19)2/h4-5,7-10,12-13H,3,6,11,14H2,1-2H3,(H,21,24). The van der Waals surface area contributed by atoms with Crippen LogP contribution in [0.3, 0.4) is 0 Å². The molecule has 1 heterocycles. The molecule has 3 rings (SSSR count). The van der Waals surface area contributed by atoms with E-state index in [-0.39, 0.29) is 5.91 Å². The normalized spacial score (nSPS) is 10.9. The smallest absolute Gasteiger partial charge is 0.224 e. The van der Waals surface area contributed by atoms with Crippen molar-refractivity contribution < 1.29 is 4.79 Å². The SMILES string of the molecule is CCCC(=O)Nc1ccc(CCc2nc3ccccc3n2C)cc1. The van der Waals surface area contributed by atoms with Gasteiger partial charge in [-0.25, -0.2) is 4.98 Å². The van der Waals surface area contributed by atoms with Crippen LogP contribution in [0, 0.1) is 0 Å². The number of aryl methyl sites for hydroxylation is 3. The third-order valence-corrected chi connectivity index (χ3v) is 4.23. The van der Waals surface area contributed by atoms with Gasteiger partial charge in [0.1, 0.15) is 5.82 Å². The summed E-state index contributed by atoms with van der Waals surface area (Å²) in [6.45, 7) is 2.00. The second-order valence-corrected chi connectivity index (χ2v) is 6.07. The topological polar surface area (TPSA) is 46.9 Å². The van der Waals surface area contributed by atoms with Gasteiger partial charge >= 0.3 is 0 Å². The quantitative estimate of drug-likeness (QED) is 0.743. The van der Waals surface area contributed by atoms with Gasteiger partial charge in [-0.3, -0.25) is 4.79 Å². The molecular weight excluding hydrogens is 298 g/mol. The average molecular weight is 321 g/mol. The van der Waals surface area contributed by atoms with Crippen LogP contribution in [0.1, 0.15) is 31.2 Å². The first-order chi connectivity index (χ1) is 11.7. The highest BCUT2D eigenvalue weighted by atomic mass is 16.1. The van der Waals surface area contributed by atoms with E-state index in [1.54, 1.807) is 0 Å². The Balaban J connectivity index is 1.63. The van der Waals surface area contributed by atoms with Crippen LogP contribution in [0.2, 0.25) is 0 Å². The number of nitrogens with one attached hydrogen (secondary N) is 1. The zero-order chi connectivity index (χ0) is 16.9. The first-order valence-electron chi connectivity index (χ1n) is 8.46. The van der Waals surface area contributed by atoms with Crippen LogP contribution >= 0.6 is 0 Å². The maximum absolute atomic E-state index is 11.6. The van der Waals surface area contributed by atoms with Crippen molar-refractivity contribution in [1.29, 1.82) is 0 Å². The summed E-state index contributed by atoms with van der Waals surface area (Å²) in [6, 6.07) is 16.3. The predicted octanol–water partition coefficient (Wildman–Crippen LogP) is 4.10. The fraction of sp³-hybridized carbons (Fsp3) is 0.300. The largest absolute Gasteiger partial charge is 0.331 e. The van der Waals surface area contributed by atoms with Crippen LogP contribution in [-0.4, -0.2) is 15.5 Å². The van der Waals surface area contributed by atoms with E-state index in [0.29, 0.717) is 6.42 Å². The van der Waals surface area contributed by atoms with E-state index >= 15 is 0 Å². The zero-order valence-electron chi connectivity index (χ0n) is 14.2. The molecule has 0 radical (unpaired) electrons. The summed E-state index contributed by atoms with van der Waals surface area (Å²) in [4.78, 5) is 16.3. The number of rotatable bonds is 6. The first-order valence-corrected chi connectivity index (χ1v) is 8.46. The number of nitrogens with zero attached hydrogens (tertiary/aromatic N) is 2. The van der Waals surface area contributed by atoms with Crippen LogP contribution in [0.15, 0.2) is 48.5 Å². The van der Waals surface area contributed by atoms with Gasteiger partial charge in [0.2, 0.25) is 5.91 Å². The Bertz CT molecular complexity index is 834. The number of amides is 1. The third kappa shape index (κ3) is 3.65. The van der Waals surface area contributed by atoms with Crippen molar-refractivity contribution in [2.45, 2.75) is 32.6 Å². The van der Waals surface area contributed by atoms with E-state index in [1.165, 1.54) is 11.1 Å². The Kier molecular flexibility index (Phi) is 4.94. The van der Waals surface area contributed by atoms with E-state index in [2.05, 4.69) is 35.1 Å².